The summed E-state index contributed by atoms with van der Waals surface area (Å²) in [4.78, 5) is 19.4. The van der Waals surface area contributed by atoms with Gasteiger partial charge in [0.25, 0.3) is 0 Å². The highest BCUT2D eigenvalue weighted by Crippen LogP contribution is 2.33. The number of rotatable bonds is 1. The molecule has 0 atom stereocenters. The molecule has 0 unspecified atom stereocenters. The van der Waals surface area contributed by atoms with Crippen molar-refractivity contribution < 1.29 is 9.53 Å². The van der Waals surface area contributed by atoms with Crippen LogP contribution in [0.5, 0.6) is 0 Å². The molecule has 0 aliphatic heterocycles. The fourth-order valence-electron chi connectivity index (χ4n) is 1.33. The lowest BCUT2D eigenvalue weighted by molar-refractivity contribution is 0.0601. The number of carbonyl (C=O) groups is 1. The molecule has 0 spiro atoms. The van der Waals surface area contributed by atoms with Crippen LogP contribution < -0.4 is 0 Å². The van der Waals surface area contributed by atoms with Crippen LogP contribution >= 0.6 is 27.5 Å². The van der Waals surface area contributed by atoms with Gasteiger partial charge in [0.05, 0.1) is 27.7 Å². The van der Waals surface area contributed by atoms with E-state index < -0.39 is 5.97 Å². The summed E-state index contributed by atoms with van der Waals surface area (Å²) in [6.07, 6.45) is 3.02. The van der Waals surface area contributed by atoms with Crippen LogP contribution in [-0.2, 0) is 4.74 Å². The van der Waals surface area contributed by atoms with Crippen molar-refractivity contribution in [3.05, 3.63) is 33.6 Å². The average Bonchev–Trinajstić information content (AvgIpc) is 2.33. The van der Waals surface area contributed by atoms with Crippen molar-refractivity contribution in [1.29, 1.82) is 0 Å². The largest absolute Gasteiger partial charge is 0.465 e. The highest BCUT2D eigenvalue weighted by Gasteiger charge is 2.16. The molecule has 4 nitrogen and oxygen atoms in total. The molecule has 0 N–H and O–H groups in total. The molecule has 0 radical (unpaired) electrons. The summed E-state index contributed by atoms with van der Waals surface area (Å²) in [7, 11) is 1.30. The van der Waals surface area contributed by atoms with Crippen molar-refractivity contribution in [2.45, 2.75) is 0 Å². The molecule has 1 aromatic heterocycles. The van der Waals surface area contributed by atoms with Gasteiger partial charge in [-0.05, 0) is 22.0 Å². The Balaban J connectivity index is 2.78. The zero-order valence-corrected chi connectivity index (χ0v) is 10.5. The van der Waals surface area contributed by atoms with Crippen molar-refractivity contribution in [2.24, 2.45) is 0 Å². The highest BCUT2D eigenvalue weighted by molar-refractivity contribution is 9.10. The van der Waals surface area contributed by atoms with E-state index in [0.717, 1.165) is 5.39 Å². The number of esters is 1. The first-order valence-electron chi connectivity index (χ1n) is 4.31. The van der Waals surface area contributed by atoms with Crippen LogP contribution in [0.2, 0.25) is 5.02 Å². The Morgan fingerprint density at radius 1 is 1.56 bits per heavy atom. The van der Waals surface area contributed by atoms with Crippen molar-refractivity contribution in [2.75, 3.05) is 7.11 Å². The van der Waals surface area contributed by atoms with E-state index in [9.17, 15) is 4.79 Å². The monoisotopic (exact) mass is 300 g/mol. The molecule has 0 aliphatic carbocycles. The number of carbonyl (C=O) groups excluding carboxylic acids is 1. The molecule has 6 heteroatoms. The summed E-state index contributed by atoms with van der Waals surface area (Å²) in [5.41, 5.74) is 0.950. The first kappa shape index (κ1) is 11.3. The maximum Gasteiger partial charge on any atom is 0.339 e. The second-order valence-electron chi connectivity index (χ2n) is 3.00. The fourth-order valence-corrected chi connectivity index (χ4v) is 2.10. The number of nitrogens with zero attached hydrogens (tertiary/aromatic N) is 2. The van der Waals surface area contributed by atoms with Gasteiger partial charge in [-0.15, -0.1) is 0 Å². The smallest absolute Gasteiger partial charge is 0.339 e. The molecule has 0 saturated heterocycles. The lowest BCUT2D eigenvalue weighted by Gasteiger charge is -2.06. The van der Waals surface area contributed by atoms with Gasteiger partial charge in [0.15, 0.2) is 0 Å². The molecule has 0 amide bonds. The van der Waals surface area contributed by atoms with E-state index in [1.165, 1.54) is 13.4 Å². The number of benzene rings is 1. The van der Waals surface area contributed by atoms with E-state index in [1.807, 2.05) is 0 Å². The Morgan fingerprint density at radius 2 is 2.31 bits per heavy atom. The van der Waals surface area contributed by atoms with Crippen LogP contribution in [0.1, 0.15) is 10.4 Å². The third-order valence-electron chi connectivity index (χ3n) is 2.08. The first-order chi connectivity index (χ1) is 7.65. The minimum absolute atomic E-state index is 0.290. The lowest BCUT2D eigenvalue weighted by atomic mass is 10.1. The average molecular weight is 302 g/mol. The van der Waals surface area contributed by atoms with E-state index in [1.54, 1.807) is 12.3 Å². The maximum absolute atomic E-state index is 11.5. The molecule has 1 heterocycles. The van der Waals surface area contributed by atoms with Crippen LogP contribution in [-0.4, -0.2) is 23.0 Å². The summed E-state index contributed by atoms with van der Waals surface area (Å²) in [6, 6.07) is 1.61. The van der Waals surface area contributed by atoms with E-state index >= 15 is 0 Å². The van der Waals surface area contributed by atoms with E-state index in [-0.39, 0.29) is 5.02 Å². The molecule has 16 heavy (non-hydrogen) atoms. The number of ether oxygens (including phenoxy) is 1. The normalized spacial score (nSPS) is 10.4. The van der Waals surface area contributed by atoms with E-state index in [4.69, 9.17) is 11.6 Å². The number of fused-ring (bicyclic) bond motifs is 1. The lowest BCUT2D eigenvalue weighted by Crippen LogP contribution is -2.03. The molecular formula is C10H6BrClN2O2. The van der Waals surface area contributed by atoms with Crippen molar-refractivity contribution >= 4 is 44.4 Å². The summed E-state index contributed by atoms with van der Waals surface area (Å²) in [5, 5.41) is 1.01. The van der Waals surface area contributed by atoms with Gasteiger partial charge in [0.1, 0.15) is 6.33 Å². The summed E-state index contributed by atoms with van der Waals surface area (Å²) >= 11 is 9.34. The van der Waals surface area contributed by atoms with Crippen LogP contribution in [0.3, 0.4) is 0 Å². The first-order valence-corrected chi connectivity index (χ1v) is 5.48. The molecule has 82 valence electrons. The SMILES string of the molecule is COC(=O)c1cc2cncnc2c(Br)c1Cl. The number of halogens is 2. The van der Waals surface area contributed by atoms with Gasteiger partial charge in [-0.1, -0.05) is 11.6 Å². The summed E-state index contributed by atoms with van der Waals surface area (Å²) < 4.78 is 5.20. The van der Waals surface area contributed by atoms with Crippen LogP contribution in [0.25, 0.3) is 10.9 Å². The van der Waals surface area contributed by atoms with Crippen LogP contribution in [0.15, 0.2) is 23.1 Å². The minimum atomic E-state index is -0.489. The second kappa shape index (κ2) is 4.35. The third kappa shape index (κ3) is 1.76. The number of hydrogen-bond donors (Lipinski definition) is 0. The van der Waals surface area contributed by atoms with Crippen molar-refractivity contribution in [1.82, 2.24) is 9.97 Å². The maximum atomic E-state index is 11.5. The van der Waals surface area contributed by atoms with E-state index in [0.29, 0.717) is 15.6 Å². The Kier molecular flexibility index (Phi) is 3.07. The molecule has 2 aromatic rings. The number of methoxy groups -OCH3 is 1. The minimum Gasteiger partial charge on any atom is -0.465 e. The topological polar surface area (TPSA) is 52.1 Å². The molecule has 0 bridgehead atoms. The van der Waals surface area contributed by atoms with Crippen molar-refractivity contribution in [3.63, 3.8) is 0 Å². The van der Waals surface area contributed by atoms with E-state index in [2.05, 4.69) is 30.6 Å². The van der Waals surface area contributed by atoms with Gasteiger partial charge in [-0.25, -0.2) is 14.8 Å². The van der Waals surface area contributed by atoms with Crippen LogP contribution in [0, 0.1) is 0 Å². The third-order valence-corrected chi connectivity index (χ3v) is 3.48. The molecule has 0 fully saturated rings. The second-order valence-corrected chi connectivity index (χ2v) is 4.18. The van der Waals surface area contributed by atoms with Gasteiger partial charge < -0.3 is 4.74 Å². The quantitative estimate of drug-likeness (QED) is 0.760. The summed E-state index contributed by atoms with van der Waals surface area (Å²) in [5.74, 6) is -0.489. The standard InChI is InChI=1S/C10H6BrClN2O2/c1-16-10(15)6-2-5-3-13-4-14-9(5)7(11)8(6)12/h2-4H,1H3. The fraction of sp³-hybridized carbons (Fsp3) is 0.100. The molecular weight excluding hydrogens is 295 g/mol. The zero-order chi connectivity index (χ0) is 11.7. The molecule has 1 aromatic carbocycles. The Bertz CT molecular complexity index is 574. The highest BCUT2D eigenvalue weighted by atomic mass is 79.9. The number of hydrogen-bond acceptors (Lipinski definition) is 4. The Labute approximate surface area is 105 Å². The van der Waals surface area contributed by atoms with Gasteiger partial charge in [0, 0.05) is 11.6 Å². The van der Waals surface area contributed by atoms with Crippen LogP contribution in [0.4, 0.5) is 0 Å². The molecule has 0 aliphatic rings. The van der Waals surface area contributed by atoms with Gasteiger partial charge in [-0.2, -0.15) is 0 Å². The molecule has 2 rings (SSSR count). The van der Waals surface area contributed by atoms with Crippen molar-refractivity contribution in [3.8, 4) is 0 Å². The molecule has 0 saturated carbocycles. The predicted octanol–water partition coefficient (Wildman–Crippen LogP) is 2.83. The Hall–Kier alpha value is -1.20. The summed E-state index contributed by atoms with van der Waals surface area (Å²) in [6.45, 7) is 0. The van der Waals surface area contributed by atoms with Gasteiger partial charge in [-0.3, -0.25) is 0 Å². The van der Waals surface area contributed by atoms with Gasteiger partial charge in [0.2, 0.25) is 0 Å². The predicted molar refractivity (Wildman–Crippen MR) is 63.6 cm³/mol. The van der Waals surface area contributed by atoms with Gasteiger partial charge >= 0.3 is 5.97 Å². The Morgan fingerprint density at radius 3 is 3.00 bits per heavy atom. The zero-order valence-electron chi connectivity index (χ0n) is 8.20. The number of aromatic nitrogens is 2.